The number of benzene rings is 1. The Hall–Kier alpha value is -1.98. The van der Waals surface area contributed by atoms with E-state index in [0.717, 1.165) is 11.8 Å². The van der Waals surface area contributed by atoms with Gasteiger partial charge in [0.1, 0.15) is 5.82 Å². The topological polar surface area (TPSA) is 29.9 Å². The van der Waals surface area contributed by atoms with Gasteiger partial charge in [-0.2, -0.15) is 0 Å². The second-order valence-corrected chi connectivity index (χ2v) is 5.12. The normalized spacial score (nSPS) is 11.2. The third kappa shape index (κ3) is 3.12. The molecule has 0 saturated heterocycles. The van der Waals surface area contributed by atoms with E-state index in [1.54, 1.807) is 0 Å². The second-order valence-electron chi connectivity index (χ2n) is 5.12. The van der Waals surface area contributed by atoms with Crippen molar-refractivity contribution in [2.45, 2.75) is 27.3 Å². The fourth-order valence-electron chi connectivity index (χ4n) is 1.92. The molecule has 20 heavy (non-hydrogen) atoms. The van der Waals surface area contributed by atoms with Gasteiger partial charge in [-0.05, 0) is 12.8 Å². The van der Waals surface area contributed by atoms with Crippen LogP contribution >= 0.6 is 0 Å². The Kier molecular flexibility index (Phi) is 4.01. The molecule has 2 aromatic rings. The molecular formula is C14H16F3N3. The van der Waals surface area contributed by atoms with Crippen molar-refractivity contribution in [3.63, 3.8) is 0 Å². The first-order chi connectivity index (χ1) is 9.36. The van der Waals surface area contributed by atoms with E-state index in [4.69, 9.17) is 0 Å². The summed E-state index contributed by atoms with van der Waals surface area (Å²) >= 11 is 0. The minimum absolute atomic E-state index is 0.139. The molecule has 1 aromatic heterocycles. The summed E-state index contributed by atoms with van der Waals surface area (Å²) in [6.45, 7) is 6.58. The van der Waals surface area contributed by atoms with Crippen molar-refractivity contribution in [3.8, 4) is 0 Å². The van der Waals surface area contributed by atoms with Crippen molar-refractivity contribution in [3.05, 3.63) is 41.5 Å². The maximum atomic E-state index is 13.6. The highest BCUT2D eigenvalue weighted by molar-refractivity contribution is 5.55. The summed E-state index contributed by atoms with van der Waals surface area (Å²) in [7, 11) is 0. The van der Waals surface area contributed by atoms with Crippen LogP contribution in [0.3, 0.4) is 0 Å². The second kappa shape index (κ2) is 5.56. The molecule has 0 aliphatic carbocycles. The monoisotopic (exact) mass is 283 g/mol. The van der Waals surface area contributed by atoms with Gasteiger partial charge < -0.3 is 9.88 Å². The lowest BCUT2D eigenvalue weighted by Crippen LogP contribution is -2.08. The minimum atomic E-state index is -1.21. The Labute approximate surface area is 115 Å². The number of rotatable bonds is 4. The summed E-state index contributed by atoms with van der Waals surface area (Å²) in [4.78, 5) is 4.22. The lowest BCUT2D eigenvalue weighted by atomic mass is 10.2. The van der Waals surface area contributed by atoms with Crippen LogP contribution < -0.4 is 5.32 Å². The van der Waals surface area contributed by atoms with E-state index in [0.29, 0.717) is 24.5 Å². The Morgan fingerprint density at radius 1 is 1.15 bits per heavy atom. The van der Waals surface area contributed by atoms with Gasteiger partial charge in [-0.3, -0.25) is 0 Å². The highest BCUT2D eigenvalue weighted by Crippen LogP contribution is 2.23. The predicted molar refractivity (Wildman–Crippen MR) is 71.4 cm³/mol. The van der Waals surface area contributed by atoms with Crippen LogP contribution in [0.1, 0.15) is 19.5 Å². The molecule has 0 spiro atoms. The quantitative estimate of drug-likeness (QED) is 0.859. The van der Waals surface area contributed by atoms with Crippen LogP contribution in [0.2, 0.25) is 0 Å². The predicted octanol–water partition coefficient (Wildman–Crippen LogP) is 4.01. The fourth-order valence-corrected chi connectivity index (χ4v) is 1.92. The van der Waals surface area contributed by atoms with Crippen molar-refractivity contribution in [1.82, 2.24) is 9.55 Å². The molecular weight excluding hydrogens is 267 g/mol. The summed E-state index contributed by atoms with van der Waals surface area (Å²) in [5.74, 6) is -2.40. The number of aromatic nitrogens is 2. The molecule has 0 unspecified atom stereocenters. The van der Waals surface area contributed by atoms with Crippen molar-refractivity contribution >= 4 is 11.6 Å². The molecule has 0 saturated carbocycles. The molecule has 108 valence electrons. The lowest BCUT2D eigenvalue weighted by molar-refractivity contribution is 0.496. The van der Waals surface area contributed by atoms with E-state index in [1.165, 1.54) is 0 Å². The van der Waals surface area contributed by atoms with Crippen molar-refractivity contribution < 1.29 is 13.2 Å². The molecule has 1 N–H and O–H groups in total. The number of aryl methyl sites for hydroxylation is 1. The van der Waals surface area contributed by atoms with Crippen LogP contribution in [0.25, 0.3) is 0 Å². The maximum Gasteiger partial charge on any atom is 0.207 e. The van der Waals surface area contributed by atoms with E-state index in [1.807, 2.05) is 31.5 Å². The Morgan fingerprint density at radius 2 is 1.80 bits per heavy atom. The summed E-state index contributed by atoms with van der Waals surface area (Å²) < 4.78 is 41.5. The summed E-state index contributed by atoms with van der Waals surface area (Å²) in [5, 5.41) is 2.71. The number of hydrogen-bond donors (Lipinski definition) is 1. The van der Waals surface area contributed by atoms with Gasteiger partial charge in [-0.25, -0.2) is 18.2 Å². The van der Waals surface area contributed by atoms with Crippen molar-refractivity contribution in [2.24, 2.45) is 5.92 Å². The van der Waals surface area contributed by atoms with Gasteiger partial charge in [0.15, 0.2) is 11.6 Å². The molecule has 0 radical (unpaired) electrons. The van der Waals surface area contributed by atoms with E-state index in [9.17, 15) is 13.2 Å². The molecule has 0 aliphatic rings. The largest absolute Gasteiger partial charge is 0.323 e. The van der Waals surface area contributed by atoms with Crippen LogP contribution in [0.4, 0.5) is 24.8 Å². The van der Waals surface area contributed by atoms with E-state index < -0.39 is 17.5 Å². The molecule has 0 bridgehead atoms. The molecule has 1 aromatic carbocycles. The molecule has 0 atom stereocenters. The standard InChI is InChI=1S/C14H16F3N3/c1-8(2)6-20-7-9(3)18-14(20)19-13-5-11(16)10(15)4-12(13)17/h4-5,7-8H,6H2,1-3H3,(H,18,19). The highest BCUT2D eigenvalue weighted by Gasteiger charge is 2.13. The third-order valence-corrected chi connectivity index (χ3v) is 2.72. The van der Waals surface area contributed by atoms with Gasteiger partial charge in [0, 0.05) is 24.9 Å². The smallest absolute Gasteiger partial charge is 0.207 e. The minimum Gasteiger partial charge on any atom is -0.323 e. The molecule has 6 heteroatoms. The number of hydrogen-bond acceptors (Lipinski definition) is 2. The van der Waals surface area contributed by atoms with Gasteiger partial charge >= 0.3 is 0 Å². The van der Waals surface area contributed by atoms with Crippen molar-refractivity contribution in [1.29, 1.82) is 0 Å². The van der Waals surface area contributed by atoms with Crippen LogP contribution in [0.5, 0.6) is 0 Å². The number of nitrogens with one attached hydrogen (secondary N) is 1. The average molecular weight is 283 g/mol. The number of anilines is 2. The molecule has 0 fully saturated rings. The zero-order chi connectivity index (χ0) is 14.9. The zero-order valence-corrected chi connectivity index (χ0v) is 11.5. The van der Waals surface area contributed by atoms with Crippen LogP contribution in [-0.2, 0) is 6.54 Å². The van der Waals surface area contributed by atoms with Gasteiger partial charge in [0.25, 0.3) is 0 Å². The Bertz CT molecular complexity index is 620. The van der Waals surface area contributed by atoms with E-state index in [-0.39, 0.29) is 5.69 Å². The number of imidazole rings is 1. The Morgan fingerprint density at radius 3 is 2.45 bits per heavy atom. The van der Waals surface area contributed by atoms with E-state index in [2.05, 4.69) is 10.3 Å². The average Bonchev–Trinajstić information content (AvgIpc) is 2.65. The van der Waals surface area contributed by atoms with Gasteiger partial charge in [0.05, 0.1) is 11.4 Å². The summed E-state index contributed by atoms with van der Waals surface area (Å²) in [6, 6.07) is 1.30. The first-order valence-electron chi connectivity index (χ1n) is 6.32. The molecule has 1 heterocycles. The molecule has 3 nitrogen and oxygen atoms in total. The fraction of sp³-hybridized carbons (Fsp3) is 0.357. The summed E-state index contributed by atoms with van der Waals surface area (Å²) in [6.07, 6.45) is 1.82. The van der Waals surface area contributed by atoms with Crippen LogP contribution in [0, 0.1) is 30.3 Å². The van der Waals surface area contributed by atoms with Crippen molar-refractivity contribution in [2.75, 3.05) is 5.32 Å². The molecule has 2 rings (SSSR count). The van der Waals surface area contributed by atoms with Gasteiger partial charge in [-0.1, -0.05) is 13.8 Å². The SMILES string of the molecule is Cc1cn(CC(C)C)c(Nc2cc(F)c(F)cc2F)n1. The van der Waals surface area contributed by atoms with Gasteiger partial charge in [-0.15, -0.1) is 0 Å². The van der Waals surface area contributed by atoms with Crippen LogP contribution in [-0.4, -0.2) is 9.55 Å². The third-order valence-electron chi connectivity index (χ3n) is 2.72. The molecule has 0 amide bonds. The van der Waals surface area contributed by atoms with Gasteiger partial charge in [0.2, 0.25) is 5.95 Å². The van der Waals surface area contributed by atoms with E-state index >= 15 is 0 Å². The van der Waals surface area contributed by atoms with Crippen LogP contribution in [0.15, 0.2) is 18.3 Å². The Balaban J connectivity index is 2.32. The summed E-state index contributed by atoms with van der Waals surface area (Å²) in [5.41, 5.74) is 0.621. The molecule has 0 aliphatic heterocycles. The maximum absolute atomic E-state index is 13.6. The lowest BCUT2D eigenvalue weighted by Gasteiger charge is -2.12. The number of halogens is 3. The first kappa shape index (κ1) is 14.4. The first-order valence-corrected chi connectivity index (χ1v) is 6.32. The highest BCUT2D eigenvalue weighted by atomic mass is 19.2. The zero-order valence-electron chi connectivity index (χ0n) is 11.5. The number of nitrogens with zero attached hydrogens (tertiary/aromatic N) is 2.